The highest BCUT2D eigenvalue weighted by Crippen LogP contribution is 2.43. The maximum absolute atomic E-state index is 13.1. The van der Waals surface area contributed by atoms with Crippen LogP contribution in [0.25, 0.3) is 22.4 Å². The molecule has 5 rings (SSSR count). The molecule has 1 aromatic carbocycles. The number of H-pyrrole nitrogens is 1. The highest BCUT2D eigenvalue weighted by atomic mass is 19.4. The third kappa shape index (κ3) is 5.60. The number of imidazole rings is 1. The number of carbonyl (C=O) groups is 1. The van der Waals surface area contributed by atoms with E-state index in [1.807, 2.05) is 19.1 Å². The number of piperidine rings is 1. The number of allylic oxidation sites excluding steroid dienone is 2. The maximum Gasteiger partial charge on any atom is 0.416 e. The van der Waals surface area contributed by atoms with Crippen molar-refractivity contribution in [2.75, 3.05) is 18.0 Å². The molecule has 4 heterocycles. The summed E-state index contributed by atoms with van der Waals surface area (Å²) in [4.78, 5) is 26.1. The number of hydrogen-bond acceptors (Lipinski definition) is 5. The number of halogens is 3. The maximum atomic E-state index is 13.1. The summed E-state index contributed by atoms with van der Waals surface area (Å²) in [6.45, 7) is 5.50. The number of nitrogens with one attached hydrogen (secondary N) is 1. The minimum Gasteiger partial charge on any atom is -0.492 e. The third-order valence-electron chi connectivity index (χ3n) is 8.08. The lowest BCUT2D eigenvalue weighted by Crippen LogP contribution is -2.46. The fourth-order valence-electron chi connectivity index (χ4n) is 5.64. The Morgan fingerprint density at radius 1 is 1.23 bits per heavy atom. The number of rotatable bonds is 5. The van der Waals surface area contributed by atoms with Gasteiger partial charge in [-0.3, -0.25) is 4.79 Å². The average Bonchev–Trinajstić information content (AvgIpc) is 3.29. The number of aromatic amines is 1. The van der Waals surface area contributed by atoms with E-state index in [1.54, 1.807) is 6.20 Å². The van der Waals surface area contributed by atoms with Crippen LogP contribution in [0, 0.1) is 11.8 Å². The molecule has 0 radical (unpaired) electrons. The van der Waals surface area contributed by atoms with E-state index in [4.69, 9.17) is 4.74 Å². The van der Waals surface area contributed by atoms with Crippen LogP contribution in [0.4, 0.5) is 19.0 Å². The molecule has 2 aromatic heterocycles. The Balaban J connectivity index is 1.28. The van der Waals surface area contributed by atoms with Gasteiger partial charge in [0.1, 0.15) is 17.2 Å². The van der Waals surface area contributed by atoms with E-state index < -0.39 is 23.6 Å². The number of carboxylic acid groups (broad SMARTS) is 1. The summed E-state index contributed by atoms with van der Waals surface area (Å²) in [5.74, 6) is 0.706. The highest BCUT2D eigenvalue weighted by molar-refractivity contribution is 5.80. The fraction of sp³-hybridized carbons (Fsp3) is 0.483. The lowest BCUT2D eigenvalue weighted by atomic mass is 9.83. The molecule has 3 aromatic rings. The van der Waals surface area contributed by atoms with Gasteiger partial charge in [0.25, 0.3) is 0 Å². The molecule has 2 saturated heterocycles. The summed E-state index contributed by atoms with van der Waals surface area (Å²) < 4.78 is 45.8. The predicted octanol–water partition coefficient (Wildman–Crippen LogP) is 6.81. The van der Waals surface area contributed by atoms with Gasteiger partial charge in [-0.15, -0.1) is 0 Å². The van der Waals surface area contributed by atoms with E-state index in [0.717, 1.165) is 62.5 Å². The second-order valence-corrected chi connectivity index (χ2v) is 10.7. The molecule has 0 saturated carbocycles. The first-order valence-corrected chi connectivity index (χ1v) is 13.5. The average molecular weight is 543 g/mol. The molecular weight excluding hydrogens is 509 g/mol. The number of benzene rings is 1. The zero-order valence-corrected chi connectivity index (χ0v) is 22.1. The van der Waals surface area contributed by atoms with Crippen molar-refractivity contribution in [2.24, 2.45) is 11.8 Å². The second kappa shape index (κ2) is 10.5. The van der Waals surface area contributed by atoms with E-state index in [9.17, 15) is 23.1 Å². The van der Waals surface area contributed by atoms with Gasteiger partial charge in [0.2, 0.25) is 0 Å². The number of anilines is 1. The van der Waals surface area contributed by atoms with Crippen LogP contribution in [0.3, 0.4) is 0 Å². The molecule has 39 heavy (non-hydrogen) atoms. The zero-order chi connectivity index (χ0) is 27.8. The highest BCUT2D eigenvalue weighted by Gasteiger charge is 2.43. The third-order valence-corrected chi connectivity index (χ3v) is 8.08. The van der Waals surface area contributed by atoms with Crippen LogP contribution < -0.4 is 4.90 Å². The van der Waals surface area contributed by atoms with Crippen LogP contribution in [0.2, 0.25) is 0 Å². The summed E-state index contributed by atoms with van der Waals surface area (Å²) >= 11 is 0. The summed E-state index contributed by atoms with van der Waals surface area (Å²) in [6.07, 6.45) is 4.00. The van der Waals surface area contributed by atoms with E-state index in [1.165, 1.54) is 6.07 Å². The van der Waals surface area contributed by atoms with Crippen molar-refractivity contribution in [2.45, 2.75) is 64.1 Å². The Morgan fingerprint density at radius 3 is 2.64 bits per heavy atom. The standard InChI is InChI=1S/C29H33F3N4O3/c1-3-4-5-24-18(2)21(27(37)38)10-11-28(39-24)12-14-36(15-13-28)25-9-6-19(17-33-25)26-34-22-8-7-20(29(30,31)32)16-23(22)35-26/h5-9,16-18,21H,3-4,10-15H2,1-2H3,(H,34,35)(H,37,38)/b24-5+. The number of aromatic nitrogens is 3. The Kier molecular flexibility index (Phi) is 7.31. The smallest absolute Gasteiger partial charge is 0.416 e. The number of nitrogens with zero attached hydrogens (tertiary/aromatic N) is 3. The SMILES string of the molecule is CCC/C=C1/OC2(CCC(C(=O)O)C1C)CCN(c1ccc(-c3nc4ccc(C(F)(F)F)cc4[nH]3)cn1)CC2. The van der Waals surface area contributed by atoms with Crippen molar-refractivity contribution in [1.82, 2.24) is 15.0 Å². The number of unbranched alkanes of at least 4 members (excludes halogenated alkanes) is 1. The minimum absolute atomic E-state index is 0.154. The molecule has 0 bridgehead atoms. The van der Waals surface area contributed by atoms with Crippen molar-refractivity contribution >= 4 is 22.8 Å². The molecule has 0 amide bonds. The molecule has 2 N–H and O–H groups in total. The molecule has 2 fully saturated rings. The van der Waals surface area contributed by atoms with E-state index in [2.05, 4.69) is 32.9 Å². The Morgan fingerprint density at radius 2 is 2.00 bits per heavy atom. The molecule has 7 nitrogen and oxygen atoms in total. The Bertz CT molecular complexity index is 1360. The van der Waals surface area contributed by atoms with Gasteiger partial charge >= 0.3 is 12.1 Å². The monoisotopic (exact) mass is 542 g/mol. The molecule has 2 aliphatic heterocycles. The van der Waals surface area contributed by atoms with Crippen LogP contribution in [0.15, 0.2) is 48.4 Å². The van der Waals surface area contributed by atoms with Crippen molar-refractivity contribution in [1.29, 1.82) is 0 Å². The number of ether oxygens (including phenoxy) is 1. The molecule has 2 atom stereocenters. The van der Waals surface area contributed by atoms with Crippen LogP contribution in [0.1, 0.15) is 57.9 Å². The first-order valence-electron chi connectivity index (χ1n) is 13.5. The van der Waals surface area contributed by atoms with Crippen LogP contribution in [-0.2, 0) is 15.7 Å². The van der Waals surface area contributed by atoms with E-state index >= 15 is 0 Å². The molecule has 208 valence electrons. The van der Waals surface area contributed by atoms with Crippen molar-refractivity contribution in [3.8, 4) is 11.4 Å². The molecule has 2 aliphatic rings. The van der Waals surface area contributed by atoms with Gasteiger partial charge in [0.05, 0.1) is 28.3 Å². The Hall–Kier alpha value is -3.56. The molecule has 2 unspecified atom stereocenters. The number of alkyl halides is 3. The van der Waals surface area contributed by atoms with Crippen LogP contribution >= 0.6 is 0 Å². The first kappa shape index (κ1) is 27.0. The predicted molar refractivity (Wildman–Crippen MR) is 142 cm³/mol. The van der Waals surface area contributed by atoms with E-state index in [0.29, 0.717) is 35.3 Å². The van der Waals surface area contributed by atoms with Crippen molar-refractivity contribution in [3.05, 3.63) is 53.9 Å². The van der Waals surface area contributed by atoms with Crippen molar-refractivity contribution in [3.63, 3.8) is 0 Å². The minimum atomic E-state index is -4.42. The van der Waals surface area contributed by atoms with Gasteiger partial charge in [-0.2, -0.15) is 13.2 Å². The fourth-order valence-corrected chi connectivity index (χ4v) is 5.64. The molecular formula is C29H33F3N4O3. The normalized spacial score (nSPS) is 22.7. The number of fused-ring (bicyclic) bond motifs is 1. The van der Waals surface area contributed by atoms with Crippen LogP contribution in [-0.4, -0.2) is 44.7 Å². The van der Waals surface area contributed by atoms with Gasteiger partial charge in [0.15, 0.2) is 0 Å². The van der Waals surface area contributed by atoms with Gasteiger partial charge in [-0.25, -0.2) is 9.97 Å². The summed E-state index contributed by atoms with van der Waals surface area (Å²) in [6, 6.07) is 7.21. The van der Waals surface area contributed by atoms with Gasteiger partial charge in [-0.05, 0) is 55.7 Å². The van der Waals surface area contributed by atoms with Gasteiger partial charge in [0, 0.05) is 43.6 Å². The molecule has 1 spiro atoms. The summed E-state index contributed by atoms with van der Waals surface area (Å²) in [7, 11) is 0. The number of carboxylic acids is 1. The topological polar surface area (TPSA) is 91.3 Å². The lowest BCUT2D eigenvalue weighted by molar-refractivity contribution is -0.143. The second-order valence-electron chi connectivity index (χ2n) is 10.7. The van der Waals surface area contributed by atoms with Crippen LogP contribution in [0.5, 0.6) is 0 Å². The van der Waals surface area contributed by atoms with Gasteiger partial charge in [-0.1, -0.05) is 20.3 Å². The van der Waals surface area contributed by atoms with Gasteiger partial charge < -0.3 is 19.7 Å². The number of pyridine rings is 1. The quantitative estimate of drug-likeness (QED) is 0.368. The molecule has 10 heteroatoms. The van der Waals surface area contributed by atoms with E-state index in [-0.39, 0.29) is 11.5 Å². The number of aliphatic carboxylic acids is 1. The summed E-state index contributed by atoms with van der Waals surface area (Å²) in [5.41, 5.74) is 0.362. The summed E-state index contributed by atoms with van der Waals surface area (Å²) in [5, 5.41) is 9.79. The zero-order valence-electron chi connectivity index (χ0n) is 22.1. The first-order chi connectivity index (χ1) is 18.6. The van der Waals surface area contributed by atoms with Crippen molar-refractivity contribution < 1.29 is 27.8 Å². The Labute approximate surface area is 225 Å². The lowest BCUT2D eigenvalue weighted by Gasteiger charge is -2.42. The largest absolute Gasteiger partial charge is 0.492 e. The number of hydrogen-bond donors (Lipinski definition) is 2. The molecule has 0 aliphatic carbocycles.